The van der Waals surface area contributed by atoms with Gasteiger partial charge in [-0.25, -0.2) is 0 Å². The first-order valence-electron chi connectivity index (χ1n) is 10.0. The minimum Gasteiger partial charge on any atom is -0.477 e. The van der Waals surface area contributed by atoms with Crippen LogP contribution in [0.5, 0.6) is 5.75 Å². The van der Waals surface area contributed by atoms with Crippen LogP contribution in [0.1, 0.15) is 38.7 Å². The number of hydrogen-bond acceptors (Lipinski definition) is 3. The van der Waals surface area contributed by atoms with E-state index in [1.807, 2.05) is 68.4 Å². The maximum Gasteiger partial charge on any atom is 0.263 e. The monoisotopic (exact) mass is 380 g/mol. The SMILES string of the molecule is CCC(CC)NC(=O)C1CN(C(=O)CCc2ccccc2)c2ccccc2O1. The second kappa shape index (κ2) is 9.40. The predicted octanol–water partition coefficient (Wildman–Crippen LogP) is 3.72. The van der Waals surface area contributed by atoms with Gasteiger partial charge in [0.15, 0.2) is 6.10 Å². The number of amides is 2. The molecular formula is C23H28N2O3. The Bertz CT molecular complexity index is 803. The van der Waals surface area contributed by atoms with Crippen molar-refractivity contribution in [3.63, 3.8) is 0 Å². The Balaban J connectivity index is 1.73. The minimum absolute atomic E-state index is 0.0000592. The minimum atomic E-state index is -0.698. The highest BCUT2D eigenvalue weighted by molar-refractivity contribution is 5.97. The van der Waals surface area contributed by atoms with E-state index < -0.39 is 6.10 Å². The van der Waals surface area contributed by atoms with E-state index in [9.17, 15) is 9.59 Å². The van der Waals surface area contributed by atoms with Gasteiger partial charge in [-0.05, 0) is 37.0 Å². The zero-order valence-corrected chi connectivity index (χ0v) is 16.6. The molecule has 5 heteroatoms. The Morgan fingerprint density at radius 3 is 2.46 bits per heavy atom. The van der Waals surface area contributed by atoms with Gasteiger partial charge in [-0.2, -0.15) is 0 Å². The summed E-state index contributed by atoms with van der Waals surface area (Å²) >= 11 is 0. The van der Waals surface area contributed by atoms with Crippen molar-refractivity contribution in [2.75, 3.05) is 11.4 Å². The summed E-state index contributed by atoms with van der Waals surface area (Å²) in [5.74, 6) is 0.413. The lowest BCUT2D eigenvalue weighted by molar-refractivity contribution is -0.129. The Morgan fingerprint density at radius 1 is 1.07 bits per heavy atom. The zero-order chi connectivity index (χ0) is 19.9. The van der Waals surface area contributed by atoms with Gasteiger partial charge < -0.3 is 15.0 Å². The average molecular weight is 380 g/mol. The molecule has 0 saturated heterocycles. The van der Waals surface area contributed by atoms with E-state index in [0.717, 1.165) is 24.1 Å². The number of anilines is 1. The third-order valence-electron chi connectivity index (χ3n) is 5.17. The Morgan fingerprint density at radius 2 is 1.75 bits per heavy atom. The summed E-state index contributed by atoms with van der Waals surface area (Å²) in [6.45, 7) is 4.33. The van der Waals surface area contributed by atoms with Gasteiger partial charge in [-0.15, -0.1) is 0 Å². The molecule has 0 saturated carbocycles. The van der Waals surface area contributed by atoms with E-state index in [4.69, 9.17) is 4.74 Å². The largest absolute Gasteiger partial charge is 0.477 e. The molecule has 28 heavy (non-hydrogen) atoms. The number of fused-ring (bicyclic) bond motifs is 1. The van der Waals surface area contributed by atoms with Crippen LogP contribution in [-0.2, 0) is 16.0 Å². The summed E-state index contributed by atoms with van der Waals surface area (Å²) in [5.41, 5.74) is 1.85. The van der Waals surface area contributed by atoms with Crippen molar-refractivity contribution in [2.24, 2.45) is 0 Å². The lowest BCUT2D eigenvalue weighted by Gasteiger charge is -2.34. The Kier molecular flexibility index (Phi) is 6.69. The van der Waals surface area contributed by atoms with Crippen molar-refractivity contribution in [2.45, 2.75) is 51.7 Å². The summed E-state index contributed by atoms with van der Waals surface area (Å²) in [4.78, 5) is 27.4. The molecule has 0 aromatic heterocycles. The van der Waals surface area contributed by atoms with Crippen molar-refractivity contribution >= 4 is 17.5 Å². The number of nitrogens with zero attached hydrogens (tertiary/aromatic N) is 1. The van der Waals surface area contributed by atoms with Crippen LogP contribution in [0.3, 0.4) is 0 Å². The van der Waals surface area contributed by atoms with Crippen LogP contribution < -0.4 is 15.0 Å². The molecule has 1 atom stereocenters. The van der Waals surface area contributed by atoms with Crippen LogP contribution in [-0.4, -0.2) is 30.5 Å². The number of rotatable bonds is 7. The van der Waals surface area contributed by atoms with Crippen LogP contribution in [0.25, 0.3) is 0 Å². The van der Waals surface area contributed by atoms with Crippen LogP contribution in [0, 0.1) is 0 Å². The van der Waals surface area contributed by atoms with Crippen molar-refractivity contribution < 1.29 is 14.3 Å². The van der Waals surface area contributed by atoms with Crippen molar-refractivity contribution in [3.05, 3.63) is 60.2 Å². The predicted molar refractivity (Wildman–Crippen MR) is 110 cm³/mol. The highest BCUT2D eigenvalue weighted by Gasteiger charge is 2.34. The number of nitrogens with one attached hydrogen (secondary N) is 1. The fourth-order valence-electron chi connectivity index (χ4n) is 3.42. The first kappa shape index (κ1) is 19.9. The van der Waals surface area contributed by atoms with Gasteiger partial charge in [-0.3, -0.25) is 9.59 Å². The molecule has 2 aromatic rings. The molecule has 1 N–H and O–H groups in total. The second-order valence-electron chi connectivity index (χ2n) is 7.09. The molecule has 5 nitrogen and oxygen atoms in total. The quantitative estimate of drug-likeness (QED) is 0.796. The molecule has 0 spiro atoms. The lowest BCUT2D eigenvalue weighted by Crippen LogP contribution is -2.52. The van der Waals surface area contributed by atoms with Gasteiger partial charge in [0.1, 0.15) is 5.75 Å². The number of hydrogen-bond donors (Lipinski definition) is 1. The summed E-state index contributed by atoms with van der Waals surface area (Å²) in [6.07, 6.45) is 2.09. The summed E-state index contributed by atoms with van der Waals surface area (Å²) < 4.78 is 5.92. The number of para-hydroxylation sites is 2. The second-order valence-corrected chi connectivity index (χ2v) is 7.09. The molecule has 2 aromatic carbocycles. The summed E-state index contributed by atoms with van der Waals surface area (Å²) in [6, 6.07) is 17.5. The zero-order valence-electron chi connectivity index (χ0n) is 16.6. The smallest absolute Gasteiger partial charge is 0.263 e. The number of carbonyl (C=O) groups excluding carboxylic acids is 2. The molecule has 3 rings (SSSR count). The number of carbonyl (C=O) groups is 2. The molecular weight excluding hydrogens is 352 g/mol. The Labute approximate surface area is 166 Å². The maximum absolute atomic E-state index is 13.0. The number of aryl methyl sites for hydroxylation is 1. The molecule has 0 aliphatic carbocycles. The summed E-state index contributed by atoms with van der Waals surface area (Å²) in [5, 5.41) is 3.03. The van der Waals surface area contributed by atoms with E-state index in [2.05, 4.69) is 5.32 Å². The van der Waals surface area contributed by atoms with E-state index in [1.165, 1.54) is 0 Å². The number of ether oxygens (including phenoxy) is 1. The van der Waals surface area contributed by atoms with Crippen LogP contribution in [0.4, 0.5) is 5.69 Å². The molecule has 1 aliphatic heterocycles. The third kappa shape index (κ3) is 4.71. The van der Waals surface area contributed by atoms with E-state index in [1.54, 1.807) is 4.90 Å². The van der Waals surface area contributed by atoms with Crippen molar-refractivity contribution in [1.82, 2.24) is 5.32 Å². The molecule has 0 bridgehead atoms. The van der Waals surface area contributed by atoms with Crippen LogP contribution >= 0.6 is 0 Å². The maximum atomic E-state index is 13.0. The van der Waals surface area contributed by atoms with Crippen LogP contribution in [0.2, 0.25) is 0 Å². The summed E-state index contributed by atoms with van der Waals surface area (Å²) in [7, 11) is 0. The van der Waals surface area contributed by atoms with E-state index in [0.29, 0.717) is 18.6 Å². The lowest BCUT2D eigenvalue weighted by atomic mass is 10.1. The first-order chi connectivity index (χ1) is 13.6. The van der Waals surface area contributed by atoms with Gasteiger partial charge in [0.25, 0.3) is 5.91 Å². The fourth-order valence-corrected chi connectivity index (χ4v) is 3.42. The third-order valence-corrected chi connectivity index (χ3v) is 5.17. The number of benzene rings is 2. The standard InChI is InChI=1S/C23H28N2O3/c1-3-18(4-2)24-23(27)21-16-25(19-12-8-9-13-20(19)28-21)22(26)15-14-17-10-6-5-7-11-17/h5-13,18,21H,3-4,14-16H2,1-2H3,(H,24,27). The van der Waals surface area contributed by atoms with Gasteiger partial charge in [0.2, 0.25) is 5.91 Å². The van der Waals surface area contributed by atoms with E-state index in [-0.39, 0.29) is 24.4 Å². The molecule has 0 fully saturated rings. The average Bonchev–Trinajstić information content (AvgIpc) is 2.75. The highest BCUT2D eigenvalue weighted by Crippen LogP contribution is 2.33. The normalized spacial score (nSPS) is 15.7. The highest BCUT2D eigenvalue weighted by atomic mass is 16.5. The van der Waals surface area contributed by atoms with E-state index >= 15 is 0 Å². The van der Waals surface area contributed by atoms with Gasteiger partial charge in [0.05, 0.1) is 12.2 Å². The fraction of sp³-hybridized carbons (Fsp3) is 0.391. The molecule has 1 unspecified atom stereocenters. The van der Waals surface area contributed by atoms with Crippen molar-refractivity contribution in [3.8, 4) is 5.75 Å². The van der Waals surface area contributed by atoms with Gasteiger partial charge in [-0.1, -0.05) is 56.3 Å². The molecule has 1 heterocycles. The van der Waals surface area contributed by atoms with Gasteiger partial charge in [0, 0.05) is 12.5 Å². The topological polar surface area (TPSA) is 58.6 Å². The first-order valence-corrected chi connectivity index (χ1v) is 10.0. The Hall–Kier alpha value is -2.82. The molecule has 2 amide bonds. The van der Waals surface area contributed by atoms with Gasteiger partial charge >= 0.3 is 0 Å². The molecule has 1 aliphatic rings. The molecule has 148 valence electrons. The van der Waals surface area contributed by atoms with Crippen molar-refractivity contribution in [1.29, 1.82) is 0 Å². The van der Waals surface area contributed by atoms with Crippen LogP contribution in [0.15, 0.2) is 54.6 Å². The molecule has 0 radical (unpaired) electrons.